The lowest BCUT2D eigenvalue weighted by Crippen LogP contribution is -2.54. The van der Waals surface area contributed by atoms with Gasteiger partial charge in [0.25, 0.3) is 0 Å². The highest BCUT2D eigenvalue weighted by Gasteiger charge is 2.33. The Morgan fingerprint density at radius 3 is 2.44 bits per heavy atom. The van der Waals surface area contributed by atoms with Gasteiger partial charge >= 0.3 is 12.0 Å². The molecule has 0 saturated heterocycles. The smallest absolute Gasteiger partial charge is 0.337 e. The SMILES string of the molecule is CC(O)(CNC(=O)N(CCO)C1CCC1)C(=O)O. The van der Waals surface area contributed by atoms with Crippen molar-refractivity contribution in [3.8, 4) is 0 Å². The van der Waals surface area contributed by atoms with E-state index in [9.17, 15) is 14.7 Å². The molecule has 1 unspecified atom stereocenters. The van der Waals surface area contributed by atoms with E-state index in [-0.39, 0.29) is 25.7 Å². The molecule has 0 bridgehead atoms. The molecule has 0 heterocycles. The molecule has 0 aromatic heterocycles. The second kappa shape index (κ2) is 6.01. The minimum atomic E-state index is -1.99. The maximum absolute atomic E-state index is 11.8. The summed E-state index contributed by atoms with van der Waals surface area (Å²) in [6, 6.07) is -0.345. The second-order valence-corrected chi connectivity index (χ2v) is 4.74. The Kier molecular flexibility index (Phi) is 4.92. The van der Waals surface area contributed by atoms with E-state index in [1.165, 1.54) is 4.90 Å². The molecule has 2 amide bonds. The van der Waals surface area contributed by atoms with Gasteiger partial charge in [0, 0.05) is 12.6 Å². The highest BCUT2D eigenvalue weighted by molar-refractivity contribution is 5.79. The number of carbonyl (C=O) groups is 2. The lowest BCUT2D eigenvalue weighted by Gasteiger charge is -2.37. The molecular weight excluding hydrogens is 240 g/mol. The average Bonchev–Trinajstić information content (AvgIpc) is 2.22. The number of aliphatic hydroxyl groups excluding tert-OH is 1. The van der Waals surface area contributed by atoms with E-state index in [0.29, 0.717) is 0 Å². The number of nitrogens with one attached hydrogen (secondary N) is 1. The van der Waals surface area contributed by atoms with Crippen molar-refractivity contribution in [2.24, 2.45) is 0 Å². The predicted octanol–water partition coefficient (Wildman–Crippen LogP) is -0.622. The normalized spacial score (nSPS) is 18.6. The van der Waals surface area contributed by atoms with Gasteiger partial charge in [-0.15, -0.1) is 0 Å². The third kappa shape index (κ3) is 3.58. The molecular formula is C11H20N2O5. The summed E-state index contributed by atoms with van der Waals surface area (Å²) < 4.78 is 0. The van der Waals surface area contributed by atoms with Gasteiger partial charge in [0.15, 0.2) is 5.60 Å². The summed E-state index contributed by atoms with van der Waals surface area (Å²) in [6.45, 7) is 0.829. The van der Waals surface area contributed by atoms with E-state index in [4.69, 9.17) is 10.2 Å². The Labute approximate surface area is 105 Å². The van der Waals surface area contributed by atoms with Crippen LogP contribution in [0.1, 0.15) is 26.2 Å². The average molecular weight is 260 g/mol. The number of carboxylic acids is 1. The Balaban J connectivity index is 2.48. The van der Waals surface area contributed by atoms with Crippen molar-refractivity contribution >= 4 is 12.0 Å². The molecule has 18 heavy (non-hydrogen) atoms. The molecule has 0 aromatic carbocycles. The number of nitrogens with zero attached hydrogens (tertiary/aromatic N) is 1. The van der Waals surface area contributed by atoms with Crippen molar-refractivity contribution in [1.29, 1.82) is 0 Å². The van der Waals surface area contributed by atoms with Crippen LogP contribution in [-0.4, -0.2) is 63.6 Å². The maximum atomic E-state index is 11.8. The molecule has 4 N–H and O–H groups in total. The van der Waals surface area contributed by atoms with Gasteiger partial charge < -0.3 is 25.5 Å². The number of rotatable bonds is 6. The molecule has 1 aliphatic rings. The molecule has 104 valence electrons. The van der Waals surface area contributed by atoms with Gasteiger partial charge in [0.05, 0.1) is 13.2 Å². The van der Waals surface area contributed by atoms with Gasteiger partial charge in [-0.05, 0) is 26.2 Å². The topological polar surface area (TPSA) is 110 Å². The number of aliphatic hydroxyl groups is 2. The van der Waals surface area contributed by atoms with Gasteiger partial charge in [-0.25, -0.2) is 9.59 Å². The first-order chi connectivity index (χ1) is 8.38. The zero-order chi connectivity index (χ0) is 13.8. The molecule has 1 rings (SSSR count). The minimum absolute atomic E-state index is 0.104. The molecule has 0 spiro atoms. The van der Waals surface area contributed by atoms with Crippen molar-refractivity contribution in [2.75, 3.05) is 19.7 Å². The third-order valence-corrected chi connectivity index (χ3v) is 3.16. The van der Waals surface area contributed by atoms with E-state index in [1.54, 1.807) is 0 Å². The number of carbonyl (C=O) groups excluding carboxylic acids is 1. The number of urea groups is 1. The van der Waals surface area contributed by atoms with E-state index >= 15 is 0 Å². The molecule has 1 fully saturated rings. The maximum Gasteiger partial charge on any atom is 0.337 e. The molecule has 0 aromatic rings. The summed E-state index contributed by atoms with van der Waals surface area (Å²) in [5.74, 6) is -1.39. The molecule has 7 nitrogen and oxygen atoms in total. The van der Waals surface area contributed by atoms with Crippen LogP contribution in [0.5, 0.6) is 0 Å². The number of carboxylic acid groups (broad SMARTS) is 1. The van der Waals surface area contributed by atoms with Crippen molar-refractivity contribution in [2.45, 2.75) is 37.8 Å². The molecule has 1 aliphatic carbocycles. The van der Waals surface area contributed by atoms with Crippen LogP contribution < -0.4 is 5.32 Å². The van der Waals surface area contributed by atoms with Crippen LogP contribution in [0.4, 0.5) is 4.79 Å². The van der Waals surface area contributed by atoms with Gasteiger partial charge in [-0.3, -0.25) is 0 Å². The summed E-state index contributed by atoms with van der Waals surface area (Å²) in [7, 11) is 0. The molecule has 7 heteroatoms. The van der Waals surface area contributed by atoms with Gasteiger partial charge in [0.2, 0.25) is 0 Å². The van der Waals surface area contributed by atoms with Crippen LogP contribution in [0.25, 0.3) is 0 Å². The van der Waals surface area contributed by atoms with E-state index in [1.807, 2.05) is 0 Å². The summed E-state index contributed by atoms with van der Waals surface area (Å²) in [4.78, 5) is 24.0. The van der Waals surface area contributed by atoms with Crippen LogP contribution in [0.2, 0.25) is 0 Å². The highest BCUT2D eigenvalue weighted by atomic mass is 16.4. The van der Waals surface area contributed by atoms with Gasteiger partial charge in [-0.1, -0.05) is 0 Å². The predicted molar refractivity (Wildman–Crippen MR) is 63.1 cm³/mol. The summed E-state index contributed by atoms with van der Waals surface area (Å²) >= 11 is 0. The zero-order valence-electron chi connectivity index (χ0n) is 10.4. The molecule has 0 radical (unpaired) electrons. The van der Waals surface area contributed by atoms with Crippen molar-refractivity contribution in [3.63, 3.8) is 0 Å². The number of aliphatic carboxylic acids is 1. The molecule has 1 saturated carbocycles. The number of amides is 2. The monoisotopic (exact) mass is 260 g/mol. The third-order valence-electron chi connectivity index (χ3n) is 3.16. The van der Waals surface area contributed by atoms with E-state index < -0.39 is 17.6 Å². The summed E-state index contributed by atoms with van der Waals surface area (Å²) in [6.07, 6.45) is 2.83. The quantitative estimate of drug-likeness (QED) is 0.508. The Bertz CT molecular complexity index is 315. The van der Waals surface area contributed by atoms with E-state index in [0.717, 1.165) is 26.2 Å². The van der Waals surface area contributed by atoms with Crippen molar-refractivity contribution in [3.05, 3.63) is 0 Å². The van der Waals surface area contributed by atoms with Crippen LogP contribution in [-0.2, 0) is 4.79 Å². The standard InChI is InChI=1S/C11H20N2O5/c1-11(18,9(15)16)7-12-10(17)13(5-6-14)8-3-2-4-8/h8,14,18H,2-7H2,1H3,(H,12,17)(H,15,16). The zero-order valence-corrected chi connectivity index (χ0v) is 10.4. The largest absolute Gasteiger partial charge is 0.479 e. The van der Waals surface area contributed by atoms with Crippen molar-refractivity contribution in [1.82, 2.24) is 10.2 Å². The number of hydrogen-bond acceptors (Lipinski definition) is 4. The fraction of sp³-hybridized carbons (Fsp3) is 0.818. The van der Waals surface area contributed by atoms with Crippen LogP contribution in [0.3, 0.4) is 0 Å². The molecule has 0 aliphatic heterocycles. The lowest BCUT2D eigenvalue weighted by molar-refractivity contribution is -0.155. The minimum Gasteiger partial charge on any atom is -0.479 e. The second-order valence-electron chi connectivity index (χ2n) is 4.74. The highest BCUT2D eigenvalue weighted by Crippen LogP contribution is 2.24. The first-order valence-electron chi connectivity index (χ1n) is 5.99. The molecule has 1 atom stereocenters. The Morgan fingerprint density at radius 1 is 1.44 bits per heavy atom. The van der Waals surface area contributed by atoms with Crippen LogP contribution in [0, 0.1) is 0 Å². The van der Waals surface area contributed by atoms with Gasteiger partial charge in [0.1, 0.15) is 0 Å². The first-order valence-corrected chi connectivity index (χ1v) is 5.99. The van der Waals surface area contributed by atoms with Gasteiger partial charge in [-0.2, -0.15) is 0 Å². The first kappa shape index (κ1) is 14.7. The fourth-order valence-corrected chi connectivity index (χ4v) is 1.68. The van der Waals surface area contributed by atoms with Crippen molar-refractivity contribution < 1.29 is 24.9 Å². The fourth-order valence-electron chi connectivity index (χ4n) is 1.68. The summed E-state index contributed by atoms with van der Waals surface area (Å²) in [5, 5.41) is 29.5. The van der Waals surface area contributed by atoms with E-state index in [2.05, 4.69) is 5.32 Å². The van der Waals surface area contributed by atoms with Crippen LogP contribution in [0.15, 0.2) is 0 Å². The summed E-state index contributed by atoms with van der Waals surface area (Å²) in [5.41, 5.74) is -1.99. The Morgan fingerprint density at radius 2 is 2.06 bits per heavy atom. The van der Waals surface area contributed by atoms with Crippen LogP contribution >= 0.6 is 0 Å². The Hall–Kier alpha value is -1.34. The lowest BCUT2D eigenvalue weighted by atomic mass is 9.91. The number of hydrogen-bond donors (Lipinski definition) is 4.